The van der Waals surface area contributed by atoms with Crippen LogP contribution in [0.3, 0.4) is 0 Å². The fourth-order valence-electron chi connectivity index (χ4n) is 3.03. The van der Waals surface area contributed by atoms with E-state index in [1.165, 1.54) is 0 Å². The molecule has 28 heavy (non-hydrogen) atoms. The third-order valence-electron chi connectivity index (χ3n) is 4.57. The SMILES string of the molecule is CCOC(=O)N1CCN(C(=O)COC(=O)c2oc3ccc(Br)cc3c2C)CC1. The van der Waals surface area contributed by atoms with Gasteiger partial charge >= 0.3 is 12.1 Å². The van der Waals surface area contributed by atoms with Crippen LogP contribution < -0.4 is 0 Å². The smallest absolute Gasteiger partial charge is 0.409 e. The third kappa shape index (κ3) is 4.30. The summed E-state index contributed by atoms with van der Waals surface area (Å²) in [4.78, 5) is 39.5. The van der Waals surface area contributed by atoms with Gasteiger partial charge in [-0.05, 0) is 32.0 Å². The van der Waals surface area contributed by atoms with Crippen molar-refractivity contribution >= 4 is 44.9 Å². The molecule has 0 radical (unpaired) electrons. The molecule has 150 valence electrons. The van der Waals surface area contributed by atoms with Crippen molar-refractivity contribution in [1.29, 1.82) is 0 Å². The van der Waals surface area contributed by atoms with Gasteiger partial charge in [-0.1, -0.05) is 15.9 Å². The van der Waals surface area contributed by atoms with Crippen LogP contribution in [0.25, 0.3) is 11.0 Å². The summed E-state index contributed by atoms with van der Waals surface area (Å²) in [7, 11) is 0. The molecule has 0 N–H and O–H groups in total. The highest BCUT2D eigenvalue weighted by molar-refractivity contribution is 9.10. The van der Waals surface area contributed by atoms with Gasteiger partial charge < -0.3 is 23.7 Å². The lowest BCUT2D eigenvalue weighted by atomic mass is 10.1. The number of hydrogen-bond acceptors (Lipinski definition) is 6. The molecule has 3 rings (SSSR count). The number of esters is 1. The van der Waals surface area contributed by atoms with Gasteiger partial charge in [0.05, 0.1) is 6.61 Å². The van der Waals surface area contributed by atoms with E-state index < -0.39 is 5.97 Å². The number of halogens is 1. The Morgan fingerprint density at radius 3 is 2.46 bits per heavy atom. The highest BCUT2D eigenvalue weighted by atomic mass is 79.9. The average Bonchev–Trinajstić information content (AvgIpc) is 3.02. The Balaban J connectivity index is 1.54. The molecule has 0 saturated carbocycles. The van der Waals surface area contributed by atoms with Crippen molar-refractivity contribution in [3.63, 3.8) is 0 Å². The molecular formula is C19H21BrN2O6. The molecule has 1 aliphatic heterocycles. The van der Waals surface area contributed by atoms with Crippen LogP contribution in [-0.4, -0.2) is 67.2 Å². The van der Waals surface area contributed by atoms with E-state index in [0.29, 0.717) is 43.9 Å². The molecule has 1 fully saturated rings. The van der Waals surface area contributed by atoms with Gasteiger partial charge in [-0.25, -0.2) is 9.59 Å². The topological polar surface area (TPSA) is 89.3 Å². The van der Waals surface area contributed by atoms with Gasteiger partial charge in [-0.3, -0.25) is 4.79 Å². The summed E-state index contributed by atoms with van der Waals surface area (Å²) in [5, 5.41) is 0.808. The van der Waals surface area contributed by atoms with E-state index in [9.17, 15) is 14.4 Å². The molecular weight excluding hydrogens is 432 g/mol. The van der Waals surface area contributed by atoms with Crippen molar-refractivity contribution in [3.05, 3.63) is 34.0 Å². The van der Waals surface area contributed by atoms with Gasteiger partial charge in [0, 0.05) is 41.6 Å². The molecule has 9 heteroatoms. The first-order chi connectivity index (χ1) is 13.4. The molecule has 1 saturated heterocycles. The van der Waals surface area contributed by atoms with E-state index in [4.69, 9.17) is 13.9 Å². The zero-order chi connectivity index (χ0) is 20.3. The molecule has 1 aromatic heterocycles. The van der Waals surface area contributed by atoms with Gasteiger partial charge in [0.25, 0.3) is 5.91 Å². The molecule has 8 nitrogen and oxygen atoms in total. The maximum atomic E-state index is 12.4. The van der Waals surface area contributed by atoms with Gasteiger partial charge in [0.2, 0.25) is 5.76 Å². The number of furan rings is 1. The summed E-state index contributed by atoms with van der Waals surface area (Å²) in [6.07, 6.45) is -0.381. The molecule has 0 spiro atoms. The highest BCUT2D eigenvalue weighted by Gasteiger charge is 2.26. The highest BCUT2D eigenvalue weighted by Crippen LogP contribution is 2.28. The lowest BCUT2D eigenvalue weighted by molar-refractivity contribution is -0.136. The van der Waals surface area contributed by atoms with Crippen LogP contribution in [0.4, 0.5) is 4.79 Å². The number of hydrogen-bond donors (Lipinski definition) is 0. The monoisotopic (exact) mass is 452 g/mol. The standard InChI is InChI=1S/C19H21BrN2O6/c1-3-26-19(25)22-8-6-21(7-9-22)16(23)11-27-18(24)17-12(2)14-10-13(20)4-5-15(14)28-17/h4-5,10H,3,6-9,11H2,1-2H3. The number of fused-ring (bicyclic) bond motifs is 1. The van der Waals surface area contributed by atoms with Gasteiger partial charge in [-0.15, -0.1) is 0 Å². The van der Waals surface area contributed by atoms with E-state index in [1.807, 2.05) is 12.1 Å². The molecule has 1 aromatic carbocycles. The van der Waals surface area contributed by atoms with Crippen LogP contribution in [0.1, 0.15) is 23.0 Å². The van der Waals surface area contributed by atoms with Crippen molar-refractivity contribution in [2.75, 3.05) is 39.4 Å². The van der Waals surface area contributed by atoms with E-state index in [-0.39, 0.29) is 24.4 Å². The zero-order valence-electron chi connectivity index (χ0n) is 15.7. The minimum Gasteiger partial charge on any atom is -0.450 e. The van der Waals surface area contributed by atoms with Gasteiger partial charge in [0.15, 0.2) is 6.61 Å². The van der Waals surface area contributed by atoms with E-state index in [1.54, 1.807) is 29.7 Å². The Kier molecular flexibility index (Phi) is 6.23. The van der Waals surface area contributed by atoms with Crippen LogP contribution in [0.5, 0.6) is 0 Å². The first kappa shape index (κ1) is 20.2. The van der Waals surface area contributed by atoms with Crippen LogP contribution in [0.2, 0.25) is 0 Å². The second-order valence-corrected chi connectivity index (χ2v) is 7.26. The molecule has 0 unspecified atom stereocenters. The third-order valence-corrected chi connectivity index (χ3v) is 5.06. The van der Waals surface area contributed by atoms with Crippen molar-refractivity contribution in [1.82, 2.24) is 9.80 Å². The normalized spacial score (nSPS) is 14.2. The Labute approximate surface area is 170 Å². The Hall–Kier alpha value is -2.55. The molecule has 2 amide bonds. The van der Waals surface area contributed by atoms with Crippen molar-refractivity contribution in [2.45, 2.75) is 13.8 Å². The van der Waals surface area contributed by atoms with Crippen LogP contribution in [0.15, 0.2) is 27.1 Å². The van der Waals surface area contributed by atoms with Gasteiger partial charge in [0.1, 0.15) is 5.58 Å². The predicted molar refractivity (Wildman–Crippen MR) is 104 cm³/mol. The second kappa shape index (κ2) is 8.64. The van der Waals surface area contributed by atoms with E-state index >= 15 is 0 Å². The van der Waals surface area contributed by atoms with Crippen molar-refractivity contribution in [3.8, 4) is 0 Å². The summed E-state index contributed by atoms with van der Waals surface area (Å²) in [6, 6.07) is 5.44. The summed E-state index contributed by atoms with van der Waals surface area (Å²) in [6.45, 7) is 4.95. The minimum atomic E-state index is -0.677. The minimum absolute atomic E-state index is 0.0908. The number of carbonyl (C=O) groups is 3. The Morgan fingerprint density at radius 2 is 1.79 bits per heavy atom. The Morgan fingerprint density at radius 1 is 1.11 bits per heavy atom. The zero-order valence-corrected chi connectivity index (χ0v) is 17.3. The number of carbonyl (C=O) groups excluding carboxylic acids is 3. The van der Waals surface area contributed by atoms with Crippen LogP contribution in [-0.2, 0) is 14.3 Å². The maximum Gasteiger partial charge on any atom is 0.409 e. The van der Waals surface area contributed by atoms with E-state index in [2.05, 4.69) is 15.9 Å². The predicted octanol–water partition coefficient (Wildman–Crippen LogP) is 2.96. The second-order valence-electron chi connectivity index (χ2n) is 6.34. The lowest BCUT2D eigenvalue weighted by Crippen LogP contribution is -2.51. The number of piperazine rings is 1. The molecule has 2 heterocycles. The van der Waals surface area contributed by atoms with Crippen LogP contribution in [0, 0.1) is 6.92 Å². The molecule has 1 aliphatic rings. The first-order valence-corrected chi connectivity index (χ1v) is 9.75. The fraction of sp³-hybridized carbons (Fsp3) is 0.421. The molecule has 2 aromatic rings. The van der Waals surface area contributed by atoms with Crippen molar-refractivity contribution in [2.24, 2.45) is 0 Å². The lowest BCUT2D eigenvalue weighted by Gasteiger charge is -2.33. The quantitative estimate of drug-likeness (QED) is 0.662. The fourth-order valence-corrected chi connectivity index (χ4v) is 3.39. The number of benzene rings is 1. The average molecular weight is 453 g/mol. The Bertz CT molecular complexity index is 901. The number of rotatable bonds is 4. The summed E-state index contributed by atoms with van der Waals surface area (Å²) < 4.78 is 16.6. The number of amides is 2. The summed E-state index contributed by atoms with van der Waals surface area (Å²) in [5.74, 6) is -0.898. The first-order valence-electron chi connectivity index (χ1n) is 8.96. The molecule has 0 aliphatic carbocycles. The summed E-state index contributed by atoms with van der Waals surface area (Å²) in [5.41, 5.74) is 1.24. The van der Waals surface area contributed by atoms with Gasteiger partial charge in [-0.2, -0.15) is 0 Å². The largest absolute Gasteiger partial charge is 0.450 e. The number of aryl methyl sites for hydroxylation is 1. The van der Waals surface area contributed by atoms with Crippen LogP contribution >= 0.6 is 15.9 Å². The maximum absolute atomic E-state index is 12.4. The molecule has 0 atom stereocenters. The number of ether oxygens (including phenoxy) is 2. The van der Waals surface area contributed by atoms with E-state index in [0.717, 1.165) is 9.86 Å². The molecule has 0 bridgehead atoms. The summed E-state index contributed by atoms with van der Waals surface area (Å²) >= 11 is 3.39. The number of nitrogens with zero attached hydrogens (tertiary/aromatic N) is 2. The van der Waals surface area contributed by atoms with Crippen molar-refractivity contribution < 1.29 is 28.3 Å².